The fourth-order valence-corrected chi connectivity index (χ4v) is 7.92. The summed E-state index contributed by atoms with van der Waals surface area (Å²) in [4.78, 5) is 33.5. The number of nitrogens with zero attached hydrogens (tertiary/aromatic N) is 7. The molecular formula is C50H51N7O3. The number of hydrogen-bond acceptors (Lipinski definition) is 7. The third kappa shape index (κ3) is 8.05. The Hall–Kier alpha value is -6.94. The molecule has 2 aromatic heterocycles. The van der Waals surface area contributed by atoms with E-state index in [1.165, 1.54) is 4.90 Å². The fraction of sp³-hybridized carbons (Fsp3) is 0.240. The number of esters is 1. The average Bonchev–Trinajstić information content (AvgIpc) is 3.92. The standard InChI is InChI=1S/C50H51N7O3/c1-6-21-44-51-48(55(5)45(58)34-36(7-2)8-3)46(49(59)60-9-4)56(44)35-37-30-32-38(33-31-37)42-28-19-20-29-43(42)47-52-53-54-57(47)50(39-22-13-10-14-23-39,40-24-15-11-16-25-40)41-26-17-12-18-27-41/h10-20,22-34H,6-9,21,35H2,1-5H3. The number of allylic oxidation sites excluding steroid dienone is 1. The molecule has 10 nitrogen and oxygen atoms in total. The van der Waals surface area contributed by atoms with E-state index in [2.05, 4.69) is 84.9 Å². The van der Waals surface area contributed by atoms with Crippen molar-refractivity contribution in [2.24, 2.45) is 0 Å². The van der Waals surface area contributed by atoms with E-state index in [0.717, 1.165) is 63.8 Å². The second-order valence-corrected chi connectivity index (χ2v) is 14.6. The van der Waals surface area contributed by atoms with Crippen LogP contribution in [0.15, 0.2) is 151 Å². The molecule has 0 aliphatic carbocycles. The first kappa shape index (κ1) is 41.2. The highest BCUT2D eigenvalue weighted by atomic mass is 16.5. The summed E-state index contributed by atoms with van der Waals surface area (Å²) < 4.78 is 9.42. The lowest BCUT2D eigenvalue weighted by atomic mass is 9.77. The third-order valence-corrected chi connectivity index (χ3v) is 11.0. The number of aryl methyl sites for hydroxylation is 1. The molecule has 0 radical (unpaired) electrons. The first-order chi connectivity index (χ1) is 29.3. The van der Waals surface area contributed by atoms with E-state index in [1.54, 1.807) is 20.0 Å². The number of benzene rings is 5. The number of amides is 1. The van der Waals surface area contributed by atoms with Crippen LogP contribution in [0.1, 0.15) is 85.5 Å². The highest BCUT2D eigenvalue weighted by Gasteiger charge is 2.42. The maximum Gasteiger partial charge on any atom is 0.358 e. The number of ether oxygens (including phenoxy) is 1. The van der Waals surface area contributed by atoms with Crippen LogP contribution < -0.4 is 4.90 Å². The van der Waals surface area contributed by atoms with Gasteiger partial charge in [-0.1, -0.05) is 166 Å². The van der Waals surface area contributed by atoms with Crippen LogP contribution in [0.2, 0.25) is 0 Å². The molecule has 0 N–H and O–H groups in total. The van der Waals surface area contributed by atoms with Gasteiger partial charge in [0.2, 0.25) is 0 Å². The second kappa shape index (κ2) is 18.8. The van der Waals surface area contributed by atoms with Gasteiger partial charge in [-0.2, -0.15) is 0 Å². The van der Waals surface area contributed by atoms with Crippen LogP contribution in [0.5, 0.6) is 0 Å². The second-order valence-electron chi connectivity index (χ2n) is 14.6. The minimum atomic E-state index is -0.903. The summed E-state index contributed by atoms with van der Waals surface area (Å²) >= 11 is 0. The summed E-state index contributed by atoms with van der Waals surface area (Å²) in [6.07, 6.45) is 4.61. The van der Waals surface area contributed by atoms with Crippen molar-refractivity contribution >= 4 is 17.7 Å². The summed E-state index contributed by atoms with van der Waals surface area (Å²) in [6, 6.07) is 47.6. The molecule has 0 bridgehead atoms. The fourth-order valence-electron chi connectivity index (χ4n) is 7.92. The van der Waals surface area contributed by atoms with Crippen molar-refractivity contribution in [1.82, 2.24) is 29.8 Å². The van der Waals surface area contributed by atoms with Crippen molar-refractivity contribution in [2.75, 3.05) is 18.6 Å². The highest BCUT2D eigenvalue weighted by molar-refractivity contribution is 6.05. The van der Waals surface area contributed by atoms with Gasteiger partial charge >= 0.3 is 5.97 Å². The van der Waals surface area contributed by atoms with Crippen molar-refractivity contribution in [3.8, 4) is 22.5 Å². The number of carbonyl (C=O) groups is 2. The Kier molecular flexibility index (Phi) is 12.9. The van der Waals surface area contributed by atoms with Gasteiger partial charge in [-0.25, -0.2) is 14.5 Å². The van der Waals surface area contributed by atoms with E-state index in [4.69, 9.17) is 20.0 Å². The molecule has 1 amide bonds. The van der Waals surface area contributed by atoms with Crippen molar-refractivity contribution in [3.05, 3.63) is 185 Å². The van der Waals surface area contributed by atoms with E-state index in [1.807, 2.05) is 89.8 Å². The van der Waals surface area contributed by atoms with Crippen LogP contribution in [-0.2, 0) is 28.0 Å². The lowest BCUT2D eigenvalue weighted by molar-refractivity contribution is -0.114. The summed E-state index contributed by atoms with van der Waals surface area (Å²) in [5.74, 6) is 0.877. The molecule has 0 atom stereocenters. The van der Waals surface area contributed by atoms with Gasteiger partial charge in [0.05, 0.1) is 6.61 Å². The van der Waals surface area contributed by atoms with Crippen LogP contribution in [0.4, 0.5) is 5.82 Å². The van der Waals surface area contributed by atoms with Crippen molar-refractivity contribution in [2.45, 2.75) is 65.5 Å². The van der Waals surface area contributed by atoms with Crippen LogP contribution in [0, 0.1) is 0 Å². The maximum absolute atomic E-state index is 13.7. The minimum absolute atomic E-state index is 0.195. The lowest BCUT2D eigenvalue weighted by Gasteiger charge is -2.36. The molecule has 2 heterocycles. The highest BCUT2D eigenvalue weighted by Crippen LogP contribution is 2.43. The topological polar surface area (TPSA) is 108 Å². The molecule has 7 rings (SSSR count). The smallest absolute Gasteiger partial charge is 0.358 e. The summed E-state index contributed by atoms with van der Waals surface area (Å²) in [5, 5.41) is 13.8. The molecular weight excluding hydrogens is 747 g/mol. The van der Waals surface area contributed by atoms with Gasteiger partial charge in [-0.15, -0.1) is 5.10 Å². The van der Waals surface area contributed by atoms with E-state index in [-0.39, 0.29) is 18.2 Å². The molecule has 0 unspecified atom stereocenters. The number of aromatic nitrogens is 6. The largest absolute Gasteiger partial charge is 0.461 e. The van der Waals surface area contributed by atoms with Crippen molar-refractivity contribution in [3.63, 3.8) is 0 Å². The van der Waals surface area contributed by atoms with Gasteiger partial charge in [-0.3, -0.25) is 9.69 Å². The number of carbonyl (C=O) groups excluding carboxylic acids is 2. The zero-order valence-electron chi connectivity index (χ0n) is 35.0. The SMILES string of the molecule is CCCc1nc(N(C)C(=O)C=C(CC)CC)c(C(=O)OCC)n1Cc1ccc(-c2ccccc2-c2nnnn2C(c2ccccc2)(c2ccccc2)c2ccccc2)cc1. The Morgan fingerprint density at radius 1 is 0.717 bits per heavy atom. The lowest BCUT2D eigenvalue weighted by Crippen LogP contribution is -2.39. The Morgan fingerprint density at radius 2 is 1.27 bits per heavy atom. The summed E-state index contributed by atoms with van der Waals surface area (Å²) in [7, 11) is 1.67. The molecule has 10 heteroatoms. The minimum Gasteiger partial charge on any atom is -0.461 e. The van der Waals surface area contributed by atoms with Gasteiger partial charge in [0.1, 0.15) is 11.4 Å². The van der Waals surface area contributed by atoms with Crippen LogP contribution in [-0.4, -0.2) is 55.3 Å². The number of tetrazole rings is 1. The number of anilines is 1. The molecule has 0 fully saturated rings. The normalized spacial score (nSPS) is 11.3. The quantitative estimate of drug-likeness (QED) is 0.0544. The van der Waals surface area contributed by atoms with Crippen LogP contribution in [0.3, 0.4) is 0 Å². The molecule has 0 saturated carbocycles. The number of likely N-dealkylation sites (N-methyl/N-ethyl adjacent to an activating group) is 1. The molecule has 5 aromatic carbocycles. The van der Waals surface area contributed by atoms with Crippen LogP contribution in [0.25, 0.3) is 22.5 Å². The summed E-state index contributed by atoms with van der Waals surface area (Å²) in [6.45, 7) is 8.46. The molecule has 0 saturated heterocycles. The van der Waals surface area contributed by atoms with E-state index < -0.39 is 11.5 Å². The Bertz CT molecular complexity index is 2460. The van der Waals surface area contributed by atoms with E-state index in [0.29, 0.717) is 30.4 Å². The zero-order valence-corrected chi connectivity index (χ0v) is 35.0. The molecule has 304 valence electrons. The van der Waals surface area contributed by atoms with Crippen molar-refractivity contribution in [1.29, 1.82) is 0 Å². The summed E-state index contributed by atoms with van der Waals surface area (Å²) in [5.41, 5.74) is 7.19. The molecule has 0 aliphatic rings. The van der Waals surface area contributed by atoms with Gasteiger partial charge < -0.3 is 9.30 Å². The van der Waals surface area contributed by atoms with E-state index >= 15 is 0 Å². The predicted octanol–water partition coefficient (Wildman–Crippen LogP) is 9.93. The zero-order chi connectivity index (χ0) is 42.1. The molecule has 0 aliphatic heterocycles. The Morgan fingerprint density at radius 3 is 1.80 bits per heavy atom. The number of hydrogen-bond donors (Lipinski definition) is 0. The average molecular weight is 798 g/mol. The van der Waals surface area contributed by atoms with Gasteiger partial charge in [0.25, 0.3) is 5.91 Å². The number of rotatable bonds is 16. The third-order valence-electron chi connectivity index (χ3n) is 11.0. The first-order valence-corrected chi connectivity index (χ1v) is 20.7. The first-order valence-electron chi connectivity index (χ1n) is 20.7. The Balaban J connectivity index is 1.30. The molecule has 7 aromatic rings. The van der Waals surface area contributed by atoms with Crippen molar-refractivity contribution < 1.29 is 14.3 Å². The molecule has 60 heavy (non-hydrogen) atoms. The maximum atomic E-state index is 13.7. The Labute approximate surface area is 352 Å². The van der Waals surface area contributed by atoms with Gasteiger partial charge in [0, 0.05) is 31.7 Å². The number of imidazole rings is 1. The van der Waals surface area contributed by atoms with E-state index in [9.17, 15) is 9.59 Å². The predicted molar refractivity (Wildman–Crippen MR) is 237 cm³/mol. The van der Waals surface area contributed by atoms with Crippen LogP contribution >= 0.6 is 0 Å². The monoisotopic (exact) mass is 797 g/mol. The van der Waals surface area contributed by atoms with Gasteiger partial charge in [-0.05, 0) is 70.0 Å². The molecule has 0 spiro atoms. The van der Waals surface area contributed by atoms with Gasteiger partial charge in [0.15, 0.2) is 17.3 Å².